The van der Waals surface area contributed by atoms with Crippen molar-refractivity contribution in [3.63, 3.8) is 0 Å². The van der Waals surface area contributed by atoms with Gasteiger partial charge in [0.1, 0.15) is 12.1 Å². The van der Waals surface area contributed by atoms with E-state index in [0.29, 0.717) is 31.0 Å². The summed E-state index contributed by atoms with van der Waals surface area (Å²) >= 11 is 0. The quantitative estimate of drug-likeness (QED) is 0.932. The number of hydrogen-bond acceptors (Lipinski definition) is 3. The second-order valence-electron chi connectivity index (χ2n) is 6.49. The molecular weight excluding hydrogens is 292 g/mol. The Labute approximate surface area is 136 Å². The van der Waals surface area contributed by atoms with Gasteiger partial charge < -0.3 is 10.1 Å². The summed E-state index contributed by atoms with van der Waals surface area (Å²) < 4.78 is 5.47. The number of nitrogens with zero attached hydrogens (tertiary/aromatic N) is 1. The van der Waals surface area contributed by atoms with Gasteiger partial charge in [-0.25, -0.2) is 4.79 Å². The van der Waals surface area contributed by atoms with Crippen molar-refractivity contribution in [1.82, 2.24) is 10.2 Å². The molecule has 1 unspecified atom stereocenters. The average Bonchev–Trinajstić information content (AvgIpc) is 2.89. The summed E-state index contributed by atoms with van der Waals surface area (Å²) in [4.78, 5) is 25.8. The minimum absolute atomic E-state index is 0.172. The van der Waals surface area contributed by atoms with E-state index in [0.717, 1.165) is 5.56 Å². The zero-order chi connectivity index (χ0) is 16.6. The van der Waals surface area contributed by atoms with E-state index in [2.05, 4.69) is 37.9 Å². The van der Waals surface area contributed by atoms with Gasteiger partial charge in [0.15, 0.2) is 0 Å². The van der Waals surface area contributed by atoms with Crippen molar-refractivity contribution in [3.05, 3.63) is 47.7 Å². The van der Waals surface area contributed by atoms with E-state index in [9.17, 15) is 9.59 Å². The average molecular weight is 314 g/mol. The number of benzene rings is 1. The Morgan fingerprint density at radius 3 is 2.57 bits per heavy atom. The van der Waals surface area contributed by atoms with Gasteiger partial charge in [0, 0.05) is 5.70 Å². The van der Waals surface area contributed by atoms with Crippen LogP contribution in [0.1, 0.15) is 49.8 Å². The molecule has 23 heavy (non-hydrogen) atoms. The van der Waals surface area contributed by atoms with Gasteiger partial charge in [-0.05, 0) is 29.9 Å². The van der Waals surface area contributed by atoms with Gasteiger partial charge in [-0.3, -0.25) is 9.69 Å². The highest BCUT2D eigenvalue weighted by molar-refractivity contribution is 5.88. The third-order valence-electron chi connectivity index (χ3n) is 4.51. The number of nitrogens with one attached hydrogen (secondary N) is 1. The van der Waals surface area contributed by atoms with Crippen LogP contribution in [0.3, 0.4) is 0 Å². The van der Waals surface area contributed by atoms with Crippen molar-refractivity contribution in [2.45, 2.75) is 44.8 Å². The first-order valence-electron chi connectivity index (χ1n) is 8.01. The highest BCUT2D eigenvalue weighted by atomic mass is 16.6. The molecule has 0 radical (unpaired) electrons. The molecule has 3 rings (SSSR count). The summed E-state index contributed by atoms with van der Waals surface area (Å²) in [6, 6.07) is 7.66. The molecule has 1 aromatic rings. The molecule has 2 saturated heterocycles. The van der Waals surface area contributed by atoms with Crippen LogP contribution in [0.15, 0.2) is 36.5 Å². The Kier molecular flexibility index (Phi) is 4.11. The minimum Gasteiger partial charge on any atom is -0.439 e. The second-order valence-corrected chi connectivity index (χ2v) is 6.49. The molecule has 0 bridgehead atoms. The van der Waals surface area contributed by atoms with Crippen LogP contribution in [-0.2, 0) is 9.53 Å². The van der Waals surface area contributed by atoms with Gasteiger partial charge in [-0.2, -0.15) is 0 Å². The molecule has 0 saturated carbocycles. The molecule has 0 aliphatic carbocycles. The van der Waals surface area contributed by atoms with Gasteiger partial charge in [0.2, 0.25) is 5.91 Å². The summed E-state index contributed by atoms with van der Waals surface area (Å²) in [5.41, 5.74) is 2.92. The molecule has 2 atom stereocenters. The molecule has 5 nitrogen and oxygen atoms in total. The standard InChI is InChI=1S/C18H22N2O3/c1-11(2)13-5-7-14(8-6-13)16-10-20(18(22)23-16)15-9-4-12(3)19-17(15)21/h5-8,11,15-16H,3-4,9-10H2,1-2H3,(H,19,21)/t15?,16-/m1/s1. The fourth-order valence-electron chi connectivity index (χ4n) is 3.06. The highest BCUT2D eigenvalue weighted by Crippen LogP contribution is 2.30. The van der Waals surface area contributed by atoms with Crippen LogP contribution < -0.4 is 5.32 Å². The molecule has 0 aromatic heterocycles. The summed E-state index contributed by atoms with van der Waals surface area (Å²) in [6.45, 7) is 8.45. The van der Waals surface area contributed by atoms with Gasteiger partial charge in [0.05, 0.1) is 6.54 Å². The van der Waals surface area contributed by atoms with E-state index < -0.39 is 12.1 Å². The van der Waals surface area contributed by atoms with Crippen molar-refractivity contribution < 1.29 is 14.3 Å². The van der Waals surface area contributed by atoms with Crippen LogP contribution in [0, 0.1) is 0 Å². The van der Waals surface area contributed by atoms with Crippen molar-refractivity contribution in [1.29, 1.82) is 0 Å². The molecule has 2 heterocycles. The minimum atomic E-state index is -0.465. The zero-order valence-corrected chi connectivity index (χ0v) is 13.5. The zero-order valence-electron chi connectivity index (χ0n) is 13.5. The first kappa shape index (κ1) is 15.6. The number of carbonyl (C=O) groups excluding carboxylic acids is 2. The Balaban J connectivity index is 1.72. The first-order valence-corrected chi connectivity index (χ1v) is 8.01. The van der Waals surface area contributed by atoms with Crippen LogP contribution in [0.2, 0.25) is 0 Å². The lowest BCUT2D eigenvalue weighted by atomic mass is 9.99. The SMILES string of the molecule is C=C1CCC(N2C[C@H](c3ccc(C(C)C)cc3)OC2=O)C(=O)N1. The smallest absolute Gasteiger partial charge is 0.411 e. The van der Waals surface area contributed by atoms with E-state index in [-0.39, 0.29) is 12.0 Å². The molecule has 2 amide bonds. The predicted molar refractivity (Wildman–Crippen MR) is 86.8 cm³/mol. The molecule has 2 fully saturated rings. The van der Waals surface area contributed by atoms with E-state index in [1.165, 1.54) is 10.5 Å². The third-order valence-corrected chi connectivity index (χ3v) is 4.51. The van der Waals surface area contributed by atoms with Crippen LogP contribution in [0.4, 0.5) is 4.79 Å². The van der Waals surface area contributed by atoms with E-state index in [1.54, 1.807) is 0 Å². The maximum Gasteiger partial charge on any atom is 0.411 e. The Hall–Kier alpha value is -2.30. The molecular formula is C18H22N2O3. The lowest BCUT2D eigenvalue weighted by molar-refractivity contribution is -0.125. The Morgan fingerprint density at radius 2 is 1.96 bits per heavy atom. The Morgan fingerprint density at radius 1 is 1.26 bits per heavy atom. The van der Waals surface area contributed by atoms with Crippen molar-refractivity contribution >= 4 is 12.0 Å². The largest absolute Gasteiger partial charge is 0.439 e. The molecule has 1 aromatic carbocycles. The normalized spacial score (nSPS) is 24.8. The van der Waals surface area contributed by atoms with E-state index in [1.807, 2.05) is 12.1 Å². The molecule has 0 spiro atoms. The third kappa shape index (κ3) is 3.09. The highest BCUT2D eigenvalue weighted by Gasteiger charge is 2.41. The summed E-state index contributed by atoms with van der Waals surface area (Å²) in [5.74, 6) is 0.291. The lowest BCUT2D eigenvalue weighted by Crippen LogP contribution is -2.49. The monoisotopic (exact) mass is 314 g/mol. The Bertz CT molecular complexity index is 636. The summed E-state index contributed by atoms with van der Waals surface area (Å²) in [7, 11) is 0. The number of carbonyl (C=O) groups is 2. The van der Waals surface area contributed by atoms with Crippen LogP contribution in [0.5, 0.6) is 0 Å². The van der Waals surface area contributed by atoms with Gasteiger partial charge in [0.25, 0.3) is 0 Å². The molecule has 122 valence electrons. The van der Waals surface area contributed by atoms with Crippen molar-refractivity contribution in [2.75, 3.05) is 6.54 Å². The topological polar surface area (TPSA) is 58.6 Å². The van der Waals surface area contributed by atoms with Gasteiger partial charge in [-0.1, -0.05) is 44.7 Å². The summed E-state index contributed by atoms with van der Waals surface area (Å²) in [6.07, 6.45) is 0.546. The summed E-state index contributed by atoms with van der Waals surface area (Å²) in [5, 5.41) is 2.72. The number of amides is 2. The predicted octanol–water partition coefficient (Wildman–Crippen LogP) is 3.10. The number of rotatable bonds is 3. The second kappa shape index (κ2) is 6.07. The first-order chi connectivity index (χ1) is 11.0. The lowest BCUT2D eigenvalue weighted by Gasteiger charge is -2.29. The van der Waals surface area contributed by atoms with Crippen LogP contribution in [0.25, 0.3) is 0 Å². The number of cyclic esters (lactones) is 1. The maximum absolute atomic E-state index is 12.2. The van der Waals surface area contributed by atoms with Crippen LogP contribution in [-0.4, -0.2) is 29.5 Å². The molecule has 1 N–H and O–H groups in total. The number of allylic oxidation sites excluding steroid dienone is 1. The van der Waals surface area contributed by atoms with Crippen molar-refractivity contribution in [3.8, 4) is 0 Å². The van der Waals surface area contributed by atoms with E-state index in [4.69, 9.17) is 4.74 Å². The van der Waals surface area contributed by atoms with Gasteiger partial charge >= 0.3 is 6.09 Å². The fraction of sp³-hybridized carbons (Fsp3) is 0.444. The fourth-order valence-corrected chi connectivity index (χ4v) is 3.06. The van der Waals surface area contributed by atoms with Gasteiger partial charge in [-0.15, -0.1) is 0 Å². The molecule has 2 aliphatic rings. The number of hydrogen-bond donors (Lipinski definition) is 1. The maximum atomic E-state index is 12.2. The van der Waals surface area contributed by atoms with Crippen molar-refractivity contribution in [2.24, 2.45) is 0 Å². The number of ether oxygens (including phenoxy) is 1. The number of piperidine rings is 1. The molecule has 2 aliphatic heterocycles. The van der Waals surface area contributed by atoms with Crippen LogP contribution >= 0.6 is 0 Å². The molecule has 5 heteroatoms. The van der Waals surface area contributed by atoms with E-state index >= 15 is 0 Å².